The van der Waals surface area contributed by atoms with Crippen molar-refractivity contribution in [3.05, 3.63) is 16.4 Å². The van der Waals surface area contributed by atoms with Crippen molar-refractivity contribution in [3.8, 4) is 0 Å². The second-order valence-electron chi connectivity index (χ2n) is 5.64. The fourth-order valence-corrected chi connectivity index (χ4v) is 2.90. The molecule has 1 aliphatic rings. The van der Waals surface area contributed by atoms with Crippen molar-refractivity contribution < 1.29 is 23.1 Å². The third kappa shape index (κ3) is 4.15. The molecule has 2 rings (SSSR count). The van der Waals surface area contributed by atoms with Gasteiger partial charge in [-0.25, -0.2) is 0 Å². The smallest absolute Gasteiger partial charge is 0.388 e. The van der Waals surface area contributed by atoms with Gasteiger partial charge in [-0.3, -0.25) is 9.48 Å². The minimum atomic E-state index is -4.74. The molecule has 1 amide bonds. The Balaban J connectivity index is 2.11. The molecule has 0 radical (unpaired) electrons. The summed E-state index contributed by atoms with van der Waals surface area (Å²) in [6, 6.07) is 0. The molecule has 0 aliphatic carbocycles. The fraction of sp³-hybridized carbons (Fsp3) is 0.692. The van der Waals surface area contributed by atoms with Crippen molar-refractivity contribution in [3.63, 3.8) is 0 Å². The summed E-state index contributed by atoms with van der Waals surface area (Å²) in [5.41, 5.74) is -2.77. The summed E-state index contributed by atoms with van der Waals surface area (Å²) in [5.74, 6) is -0.800. The minimum Gasteiger partial charge on any atom is -0.388 e. The molecule has 2 heterocycles. The van der Waals surface area contributed by atoms with Gasteiger partial charge in [0, 0.05) is 13.6 Å². The average Bonchev–Trinajstić information content (AvgIpc) is 2.62. The van der Waals surface area contributed by atoms with Crippen LogP contribution in [0.15, 0.2) is 0 Å². The van der Waals surface area contributed by atoms with E-state index in [0.29, 0.717) is 19.4 Å². The van der Waals surface area contributed by atoms with Crippen molar-refractivity contribution in [1.29, 1.82) is 0 Å². The number of aliphatic hydroxyl groups is 1. The first kappa shape index (κ1) is 18.0. The van der Waals surface area contributed by atoms with Crippen LogP contribution in [0.5, 0.6) is 0 Å². The van der Waals surface area contributed by atoms with Gasteiger partial charge in [0.05, 0.1) is 5.60 Å². The molecule has 1 aromatic heterocycles. The molecule has 0 spiro atoms. The summed E-state index contributed by atoms with van der Waals surface area (Å²) in [7, 11) is 1.21. The van der Waals surface area contributed by atoms with Crippen LogP contribution in [0.3, 0.4) is 0 Å². The average molecular weight is 355 g/mol. The third-order valence-electron chi connectivity index (χ3n) is 3.81. The number of aryl methyl sites for hydroxylation is 1. The van der Waals surface area contributed by atoms with Crippen LogP contribution in [0, 0.1) is 0 Å². The quantitative estimate of drug-likeness (QED) is 0.765. The van der Waals surface area contributed by atoms with Crippen LogP contribution >= 0.6 is 11.6 Å². The number of alkyl halides is 3. The van der Waals surface area contributed by atoms with Crippen LogP contribution in [-0.4, -0.2) is 46.0 Å². The molecule has 10 heteroatoms. The number of rotatable bonds is 3. The fourth-order valence-electron chi connectivity index (χ4n) is 2.54. The van der Waals surface area contributed by atoms with Crippen molar-refractivity contribution in [1.82, 2.24) is 20.4 Å². The molecule has 1 atom stereocenters. The predicted molar refractivity (Wildman–Crippen MR) is 77.2 cm³/mol. The summed E-state index contributed by atoms with van der Waals surface area (Å²) in [4.78, 5) is 12.1. The van der Waals surface area contributed by atoms with Crippen LogP contribution in [0.25, 0.3) is 0 Å². The molecule has 6 nitrogen and oxygen atoms in total. The Labute approximate surface area is 136 Å². The maximum Gasteiger partial charge on any atom is 0.436 e. The highest BCUT2D eigenvalue weighted by atomic mass is 35.5. The second kappa shape index (κ2) is 6.66. The number of aromatic nitrogens is 2. The highest BCUT2D eigenvalue weighted by Crippen LogP contribution is 2.35. The van der Waals surface area contributed by atoms with E-state index in [1.807, 2.05) is 0 Å². The standard InChI is InChI=1S/C13H18ClF3N4O2/c1-21-9(8(14)10(20-21)13(15,16)17)11(22)19-7-12(23)3-2-5-18-6-4-12/h18,23H,2-7H2,1H3,(H,19,22)/t12-/m1/s1. The molecule has 23 heavy (non-hydrogen) atoms. The third-order valence-corrected chi connectivity index (χ3v) is 4.17. The van der Waals surface area contributed by atoms with E-state index < -0.39 is 28.4 Å². The monoisotopic (exact) mass is 354 g/mol. The van der Waals surface area contributed by atoms with Crippen molar-refractivity contribution in [2.24, 2.45) is 7.05 Å². The lowest BCUT2D eigenvalue weighted by atomic mass is 9.95. The molecule has 1 fully saturated rings. The number of nitrogens with one attached hydrogen (secondary N) is 2. The lowest BCUT2D eigenvalue weighted by Crippen LogP contribution is -2.43. The van der Waals surface area contributed by atoms with E-state index in [9.17, 15) is 23.1 Å². The van der Waals surface area contributed by atoms with E-state index in [4.69, 9.17) is 11.6 Å². The van der Waals surface area contributed by atoms with Gasteiger partial charge < -0.3 is 15.7 Å². The number of halogens is 4. The van der Waals surface area contributed by atoms with Crippen LogP contribution in [0.4, 0.5) is 13.2 Å². The van der Waals surface area contributed by atoms with Gasteiger partial charge >= 0.3 is 6.18 Å². The normalized spacial score (nSPS) is 22.7. The van der Waals surface area contributed by atoms with E-state index in [1.54, 1.807) is 0 Å². The number of hydrogen-bond acceptors (Lipinski definition) is 4. The highest BCUT2D eigenvalue weighted by Gasteiger charge is 2.40. The molecule has 1 aromatic rings. The summed E-state index contributed by atoms with van der Waals surface area (Å²) in [6.07, 6.45) is -3.05. The van der Waals surface area contributed by atoms with E-state index in [2.05, 4.69) is 15.7 Å². The van der Waals surface area contributed by atoms with Gasteiger partial charge in [0.2, 0.25) is 0 Å². The van der Waals surface area contributed by atoms with Gasteiger partial charge in [-0.1, -0.05) is 11.6 Å². The minimum absolute atomic E-state index is 0.0592. The van der Waals surface area contributed by atoms with Crippen molar-refractivity contribution >= 4 is 17.5 Å². The largest absolute Gasteiger partial charge is 0.436 e. The van der Waals surface area contributed by atoms with E-state index in [0.717, 1.165) is 17.6 Å². The number of amides is 1. The lowest BCUT2D eigenvalue weighted by molar-refractivity contribution is -0.141. The molecule has 1 aliphatic heterocycles. The first-order valence-corrected chi connectivity index (χ1v) is 7.53. The molecule has 0 aromatic carbocycles. The van der Waals surface area contributed by atoms with Crippen LogP contribution < -0.4 is 10.6 Å². The second-order valence-corrected chi connectivity index (χ2v) is 6.02. The zero-order valence-corrected chi connectivity index (χ0v) is 13.3. The molecule has 3 N–H and O–H groups in total. The van der Waals surface area contributed by atoms with E-state index in [-0.39, 0.29) is 12.2 Å². The lowest BCUT2D eigenvalue weighted by Gasteiger charge is -2.26. The van der Waals surface area contributed by atoms with Gasteiger partial charge in [-0.2, -0.15) is 18.3 Å². The van der Waals surface area contributed by atoms with Crippen LogP contribution in [0.1, 0.15) is 35.4 Å². The Hall–Kier alpha value is -1.32. The maximum absolute atomic E-state index is 12.7. The summed E-state index contributed by atoms with van der Waals surface area (Å²) in [6.45, 7) is 1.33. The SMILES string of the molecule is Cn1nc(C(F)(F)F)c(Cl)c1C(=O)NC[C@@]1(O)CCCNCC1. The number of carbonyl (C=O) groups is 1. The van der Waals surface area contributed by atoms with E-state index >= 15 is 0 Å². The number of carbonyl (C=O) groups excluding carboxylic acids is 1. The zero-order valence-electron chi connectivity index (χ0n) is 12.5. The van der Waals surface area contributed by atoms with Crippen LogP contribution in [-0.2, 0) is 13.2 Å². The Morgan fingerprint density at radius 3 is 2.78 bits per heavy atom. The molecule has 1 saturated heterocycles. The molecule has 0 bridgehead atoms. The van der Waals surface area contributed by atoms with Gasteiger partial charge in [-0.05, 0) is 32.4 Å². The molecule has 0 saturated carbocycles. The Morgan fingerprint density at radius 1 is 1.48 bits per heavy atom. The van der Waals surface area contributed by atoms with Crippen molar-refractivity contribution in [2.75, 3.05) is 19.6 Å². The van der Waals surface area contributed by atoms with Gasteiger partial charge in [-0.15, -0.1) is 0 Å². The first-order chi connectivity index (χ1) is 10.6. The summed E-state index contributed by atoms with van der Waals surface area (Å²) < 4.78 is 39.0. The number of hydrogen-bond donors (Lipinski definition) is 3. The van der Waals surface area contributed by atoms with Gasteiger partial charge in [0.1, 0.15) is 10.7 Å². The summed E-state index contributed by atoms with van der Waals surface area (Å²) in [5, 5.41) is 18.5. The topological polar surface area (TPSA) is 79.2 Å². The van der Waals surface area contributed by atoms with Crippen LogP contribution in [0.2, 0.25) is 5.02 Å². The Bertz CT molecular complexity index is 581. The Morgan fingerprint density at radius 2 is 2.17 bits per heavy atom. The predicted octanol–water partition coefficient (Wildman–Crippen LogP) is 1.33. The highest BCUT2D eigenvalue weighted by molar-refractivity contribution is 6.34. The Kier molecular flexibility index (Phi) is 5.22. The molecule has 0 unspecified atom stereocenters. The van der Waals surface area contributed by atoms with Gasteiger partial charge in [0.25, 0.3) is 5.91 Å². The zero-order chi connectivity index (χ0) is 17.3. The number of nitrogens with zero attached hydrogens (tertiary/aromatic N) is 2. The first-order valence-electron chi connectivity index (χ1n) is 7.15. The van der Waals surface area contributed by atoms with Crippen molar-refractivity contribution in [2.45, 2.75) is 31.0 Å². The molecule has 130 valence electrons. The summed E-state index contributed by atoms with van der Waals surface area (Å²) >= 11 is 5.65. The maximum atomic E-state index is 12.7. The molecular formula is C13H18ClF3N4O2. The molecular weight excluding hydrogens is 337 g/mol. The van der Waals surface area contributed by atoms with Gasteiger partial charge in [0.15, 0.2) is 5.69 Å². The van der Waals surface area contributed by atoms with E-state index in [1.165, 1.54) is 7.05 Å².